The summed E-state index contributed by atoms with van der Waals surface area (Å²) in [5.41, 5.74) is 2.74. The van der Waals surface area contributed by atoms with Gasteiger partial charge in [0.05, 0.1) is 5.39 Å². The Balaban J connectivity index is 1.38. The van der Waals surface area contributed by atoms with Crippen LogP contribution < -0.4 is 4.74 Å². The molecule has 0 saturated carbocycles. The lowest BCUT2D eigenvalue weighted by Gasteiger charge is -2.06. The molecule has 0 aliphatic rings. The van der Waals surface area contributed by atoms with E-state index in [2.05, 4.69) is 15.1 Å². The van der Waals surface area contributed by atoms with Crippen molar-refractivity contribution in [2.24, 2.45) is 0 Å². The molecule has 0 saturated heterocycles. The van der Waals surface area contributed by atoms with Crippen LogP contribution in [0.25, 0.3) is 27.3 Å². The summed E-state index contributed by atoms with van der Waals surface area (Å²) in [5, 5.41) is 7.53. The van der Waals surface area contributed by atoms with E-state index in [0.717, 1.165) is 27.0 Å². The Hall–Kier alpha value is -3.32. The number of benzene rings is 2. The largest absolute Gasteiger partial charge is 0.489 e. The molecule has 3 heterocycles. The molecule has 7 heteroatoms. The summed E-state index contributed by atoms with van der Waals surface area (Å²) in [6.45, 7) is 0.407. The molecule has 0 atom stereocenters. The molecular formula is C20H13FN4OS. The second-order valence-corrected chi connectivity index (χ2v) is 6.92. The fourth-order valence-electron chi connectivity index (χ4n) is 2.84. The molecule has 132 valence electrons. The average molecular weight is 376 g/mol. The highest BCUT2D eigenvalue weighted by molar-refractivity contribution is 7.16. The number of aromatic nitrogens is 4. The minimum absolute atomic E-state index is 0.276. The van der Waals surface area contributed by atoms with Crippen molar-refractivity contribution in [1.29, 1.82) is 0 Å². The summed E-state index contributed by atoms with van der Waals surface area (Å²) >= 11 is 1.59. The van der Waals surface area contributed by atoms with Gasteiger partial charge in [0, 0.05) is 5.56 Å². The third-order valence-electron chi connectivity index (χ3n) is 4.23. The van der Waals surface area contributed by atoms with Crippen LogP contribution in [0.4, 0.5) is 4.39 Å². The number of nitrogens with zero attached hydrogens (tertiary/aromatic N) is 4. The minimum atomic E-state index is -0.276. The van der Waals surface area contributed by atoms with E-state index in [9.17, 15) is 4.39 Å². The van der Waals surface area contributed by atoms with Crippen LogP contribution in [0.2, 0.25) is 0 Å². The lowest BCUT2D eigenvalue weighted by atomic mass is 10.1. The van der Waals surface area contributed by atoms with Crippen molar-refractivity contribution < 1.29 is 9.13 Å². The number of hydrogen-bond donors (Lipinski definition) is 0. The number of ether oxygens (including phenoxy) is 1. The molecule has 0 N–H and O–H groups in total. The molecular weight excluding hydrogens is 363 g/mol. The first-order valence-corrected chi connectivity index (χ1v) is 9.20. The van der Waals surface area contributed by atoms with Crippen molar-refractivity contribution >= 4 is 27.2 Å². The van der Waals surface area contributed by atoms with Crippen molar-refractivity contribution in [2.75, 3.05) is 0 Å². The second-order valence-electron chi connectivity index (χ2n) is 6.03. The minimum Gasteiger partial charge on any atom is -0.489 e. The Morgan fingerprint density at radius 1 is 1.00 bits per heavy atom. The van der Waals surface area contributed by atoms with E-state index < -0.39 is 0 Å². The predicted octanol–water partition coefficient (Wildman–Crippen LogP) is 4.72. The van der Waals surface area contributed by atoms with E-state index in [1.165, 1.54) is 12.1 Å². The van der Waals surface area contributed by atoms with Gasteiger partial charge < -0.3 is 4.74 Å². The molecule has 0 radical (unpaired) electrons. The Bertz CT molecular complexity index is 1230. The lowest BCUT2D eigenvalue weighted by molar-refractivity contribution is 0.306. The van der Waals surface area contributed by atoms with Gasteiger partial charge in [0.15, 0.2) is 11.5 Å². The van der Waals surface area contributed by atoms with Crippen LogP contribution in [-0.2, 0) is 6.61 Å². The maximum atomic E-state index is 12.9. The van der Waals surface area contributed by atoms with Gasteiger partial charge in [-0.1, -0.05) is 24.3 Å². The summed E-state index contributed by atoms with van der Waals surface area (Å²) in [5.74, 6) is 1.01. The summed E-state index contributed by atoms with van der Waals surface area (Å²) in [4.78, 5) is 10.0. The zero-order valence-corrected chi connectivity index (χ0v) is 14.9. The highest BCUT2D eigenvalue weighted by Crippen LogP contribution is 2.24. The van der Waals surface area contributed by atoms with Gasteiger partial charge in [-0.05, 0) is 41.3 Å². The van der Waals surface area contributed by atoms with Crippen molar-refractivity contribution in [2.45, 2.75) is 6.61 Å². The number of rotatable bonds is 4. The Labute approximate surface area is 157 Å². The third kappa shape index (κ3) is 3.02. The maximum absolute atomic E-state index is 12.9. The molecule has 3 aromatic heterocycles. The molecule has 0 aliphatic heterocycles. The van der Waals surface area contributed by atoms with Gasteiger partial charge in [-0.3, -0.25) is 0 Å². The van der Waals surface area contributed by atoms with Crippen LogP contribution in [-0.4, -0.2) is 19.6 Å². The Morgan fingerprint density at radius 3 is 2.63 bits per heavy atom. The van der Waals surface area contributed by atoms with Crippen LogP contribution in [0.5, 0.6) is 5.75 Å². The molecule has 0 fully saturated rings. The standard InChI is InChI=1S/C20H13FN4OS/c21-15-5-7-16(8-6-15)26-11-13-1-3-14(4-2-13)18-23-19-17-9-10-27-20(17)22-12-25(19)24-18/h1-10,12H,11H2. The van der Waals surface area contributed by atoms with E-state index in [1.807, 2.05) is 35.7 Å². The zero-order chi connectivity index (χ0) is 18.2. The SMILES string of the molecule is Fc1ccc(OCc2ccc(-c3nc4c5ccsc5ncn4n3)cc2)cc1. The van der Waals surface area contributed by atoms with Crippen LogP contribution in [0.3, 0.4) is 0 Å². The smallest absolute Gasteiger partial charge is 0.182 e. The molecule has 0 amide bonds. The monoisotopic (exact) mass is 376 g/mol. The van der Waals surface area contributed by atoms with Gasteiger partial charge in [-0.15, -0.1) is 16.4 Å². The fraction of sp³-hybridized carbons (Fsp3) is 0.0500. The van der Waals surface area contributed by atoms with Gasteiger partial charge in [-0.2, -0.15) is 0 Å². The maximum Gasteiger partial charge on any atom is 0.182 e. The summed E-state index contributed by atoms with van der Waals surface area (Å²) in [7, 11) is 0. The summed E-state index contributed by atoms with van der Waals surface area (Å²) in [6, 6.07) is 15.9. The number of hydrogen-bond acceptors (Lipinski definition) is 5. The lowest BCUT2D eigenvalue weighted by Crippen LogP contribution is -1.95. The van der Waals surface area contributed by atoms with Crippen molar-refractivity contribution in [3.63, 3.8) is 0 Å². The number of fused-ring (bicyclic) bond motifs is 3. The van der Waals surface area contributed by atoms with Crippen LogP contribution in [0.1, 0.15) is 5.56 Å². The van der Waals surface area contributed by atoms with E-state index in [0.29, 0.717) is 18.2 Å². The first-order valence-electron chi connectivity index (χ1n) is 8.32. The Morgan fingerprint density at radius 2 is 1.81 bits per heavy atom. The zero-order valence-electron chi connectivity index (χ0n) is 14.0. The predicted molar refractivity (Wildman–Crippen MR) is 102 cm³/mol. The molecule has 2 aromatic carbocycles. The molecule has 0 bridgehead atoms. The molecule has 0 unspecified atom stereocenters. The number of halogens is 1. The molecule has 5 rings (SSSR count). The fourth-order valence-corrected chi connectivity index (χ4v) is 3.56. The highest BCUT2D eigenvalue weighted by Gasteiger charge is 2.10. The van der Waals surface area contributed by atoms with Crippen molar-refractivity contribution in [3.8, 4) is 17.1 Å². The van der Waals surface area contributed by atoms with Crippen LogP contribution in [0.15, 0.2) is 66.3 Å². The second kappa shape index (κ2) is 6.44. The first-order chi connectivity index (χ1) is 13.3. The molecule has 27 heavy (non-hydrogen) atoms. The normalized spacial score (nSPS) is 11.3. The van der Waals surface area contributed by atoms with E-state index in [1.54, 1.807) is 34.3 Å². The van der Waals surface area contributed by atoms with Crippen LogP contribution in [0, 0.1) is 5.82 Å². The average Bonchev–Trinajstić information content (AvgIpc) is 3.34. The van der Waals surface area contributed by atoms with Gasteiger partial charge in [0.2, 0.25) is 0 Å². The third-order valence-corrected chi connectivity index (χ3v) is 5.05. The molecule has 0 aliphatic carbocycles. The topological polar surface area (TPSA) is 52.3 Å². The summed E-state index contributed by atoms with van der Waals surface area (Å²) < 4.78 is 20.3. The van der Waals surface area contributed by atoms with Crippen LogP contribution >= 0.6 is 11.3 Å². The quantitative estimate of drug-likeness (QED) is 0.455. The summed E-state index contributed by atoms with van der Waals surface area (Å²) in [6.07, 6.45) is 1.69. The van der Waals surface area contributed by atoms with Gasteiger partial charge in [0.25, 0.3) is 0 Å². The van der Waals surface area contributed by atoms with Gasteiger partial charge in [0.1, 0.15) is 29.3 Å². The highest BCUT2D eigenvalue weighted by atomic mass is 32.1. The van der Waals surface area contributed by atoms with E-state index >= 15 is 0 Å². The molecule has 0 spiro atoms. The molecule has 5 aromatic rings. The van der Waals surface area contributed by atoms with E-state index in [4.69, 9.17) is 4.74 Å². The Kier molecular flexibility index (Phi) is 3.79. The molecule has 5 nitrogen and oxygen atoms in total. The van der Waals surface area contributed by atoms with Gasteiger partial charge >= 0.3 is 0 Å². The van der Waals surface area contributed by atoms with Crippen molar-refractivity contribution in [3.05, 3.63) is 77.7 Å². The first kappa shape index (κ1) is 15.9. The number of thiophene rings is 1. The van der Waals surface area contributed by atoms with E-state index in [-0.39, 0.29) is 5.82 Å². The van der Waals surface area contributed by atoms with Crippen molar-refractivity contribution in [1.82, 2.24) is 19.6 Å². The van der Waals surface area contributed by atoms with Gasteiger partial charge in [-0.25, -0.2) is 18.9 Å².